The van der Waals surface area contributed by atoms with E-state index in [4.69, 9.17) is 14.6 Å². The third-order valence-electron chi connectivity index (χ3n) is 4.64. The molecule has 0 amide bonds. The second-order valence-corrected chi connectivity index (χ2v) is 7.28. The average molecular weight is 472 g/mol. The summed E-state index contributed by atoms with van der Waals surface area (Å²) in [6.07, 6.45) is -0.441. The molecule has 0 heterocycles. The molecule has 0 aliphatic carbocycles. The largest absolute Gasteiger partial charge is 0.573 e. The molecule has 1 N–H and O–H groups in total. The fourth-order valence-corrected chi connectivity index (χ4v) is 3.04. The van der Waals surface area contributed by atoms with Crippen LogP contribution in [0.2, 0.25) is 0 Å². The molecule has 8 heteroatoms. The number of carboxylic acids is 1. The van der Waals surface area contributed by atoms with E-state index in [-0.39, 0.29) is 5.75 Å². The fourth-order valence-electron chi connectivity index (χ4n) is 3.04. The van der Waals surface area contributed by atoms with Crippen LogP contribution in [0.15, 0.2) is 72.8 Å². The minimum atomic E-state index is -4.77. The highest BCUT2D eigenvalue weighted by Crippen LogP contribution is 2.34. The number of carboxylic acid groups (broad SMARTS) is 1. The predicted molar refractivity (Wildman–Crippen MR) is 122 cm³/mol. The lowest BCUT2D eigenvalue weighted by molar-refractivity contribution is -0.274. The quantitative estimate of drug-likeness (QED) is 0.247. The van der Waals surface area contributed by atoms with Gasteiger partial charge in [0.05, 0.1) is 6.61 Å². The molecule has 5 nitrogen and oxygen atoms in total. The molecule has 3 rings (SSSR count). The van der Waals surface area contributed by atoms with E-state index in [2.05, 4.69) is 11.7 Å². The second kappa shape index (κ2) is 11.3. The predicted octanol–water partition coefficient (Wildman–Crippen LogP) is 7.32. The second-order valence-electron chi connectivity index (χ2n) is 7.28. The molecule has 0 aromatic heterocycles. The first-order valence-electron chi connectivity index (χ1n) is 10.6. The van der Waals surface area contributed by atoms with Gasteiger partial charge in [-0.05, 0) is 54.0 Å². The highest BCUT2D eigenvalue weighted by atomic mass is 19.4. The van der Waals surface area contributed by atoms with E-state index in [0.717, 1.165) is 18.9 Å². The topological polar surface area (TPSA) is 65.0 Å². The zero-order valence-electron chi connectivity index (χ0n) is 18.3. The molecule has 0 aliphatic heterocycles. The summed E-state index contributed by atoms with van der Waals surface area (Å²) in [6, 6.07) is 17.6. The summed E-state index contributed by atoms with van der Waals surface area (Å²) in [4.78, 5) is 11.0. The summed E-state index contributed by atoms with van der Waals surface area (Å²) >= 11 is 0. The Morgan fingerprint density at radius 1 is 0.941 bits per heavy atom. The number of benzene rings is 3. The van der Waals surface area contributed by atoms with Crippen LogP contribution in [0.4, 0.5) is 13.2 Å². The van der Waals surface area contributed by atoms with Crippen LogP contribution in [0.3, 0.4) is 0 Å². The normalized spacial score (nSPS) is 11.4. The number of alkyl halides is 3. The number of halogens is 3. The zero-order valence-corrected chi connectivity index (χ0v) is 18.3. The van der Waals surface area contributed by atoms with E-state index in [1.165, 1.54) is 30.3 Å². The van der Waals surface area contributed by atoms with Crippen LogP contribution in [0.1, 0.15) is 25.3 Å². The molecule has 34 heavy (non-hydrogen) atoms. The Morgan fingerprint density at radius 2 is 1.65 bits per heavy atom. The minimum Gasteiger partial charge on any atom is -0.493 e. The van der Waals surface area contributed by atoms with Crippen LogP contribution >= 0.6 is 0 Å². The highest BCUT2D eigenvalue weighted by molar-refractivity contribution is 5.86. The van der Waals surface area contributed by atoms with Crippen molar-refractivity contribution in [3.63, 3.8) is 0 Å². The van der Waals surface area contributed by atoms with Crippen LogP contribution in [-0.2, 0) is 4.79 Å². The lowest BCUT2D eigenvalue weighted by atomic mass is 10.0. The first-order chi connectivity index (χ1) is 16.2. The van der Waals surface area contributed by atoms with Crippen LogP contribution in [0, 0.1) is 0 Å². The molecule has 3 aromatic carbocycles. The first-order valence-corrected chi connectivity index (χ1v) is 10.6. The number of unbranched alkanes of at least 4 members (excludes halogenated alkanes) is 1. The third kappa shape index (κ3) is 7.58. The maximum absolute atomic E-state index is 12.4. The van der Waals surface area contributed by atoms with Gasteiger partial charge >= 0.3 is 12.3 Å². The summed E-state index contributed by atoms with van der Waals surface area (Å²) in [5.41, 5.74) is 1.81. The van der Waals surface area contributed by atoms with E-state index in [1.807, 2.05) is 6.07 Å². The lowest BCUT2D eigenvalue weighted by Gasteiger charge is -2.13. The van der Waals surface area contributed by atoms with Gasteiger partial charge in [-0.15, -0.1) is 13.2 Å². The Morgan fingerprint density at radius 3 is 2.32 bits per heavy atom. The van der Waals surface area contributed by atoms with Gasteiger partial charge in [0.25, 0.3) is 0 Å². The maximum Gasteiger partial charge on any atom is 0.573 e. The summed E-state index contributed by atoms with van der Waals surface area (Å²) in [7, 11) is 0. The Hall–Kier alpha value is -3.94. The molecule has 0 spiro atoms. The number of carbonyl (C=O) groups is 1. The lowest BCUT2D eigenvalue weighted by Crippen LogP contribution is -2.16. The summed E-state index contributed by atoms with van der Waals surface area (Å²) in [6.45, 7) is 2.65. The van der Waals surface area contributed by atoms with Crippen molar-refractivity contribution in [2.45, 2.75) is 26.1 Å². The van der Waals surface area contributed by atoms with Crippen molar-refractivity contribution in [1.82, 2.24) is 0 Å². The molecule has 0 unspecified atom stereocenters. The van der Waals surface area contributed by atoms with E-state index in [9.17, 15) is 18.0 Å². The van der Waals surface area contributed by atoms with Crippen LogP contribution in [0.25, 0.3) is 17.2 Å². The van der Waals surface area contributed by atoms with Crippen molar-refractivity contribution in [2.75, 3.05) is 6.61 Å². The van der Waals surface area contributed by atoms with Gasteiger partial charge in [-0.1, -0.05) is 43.7 Å². The number of rotatable bonds is 10. The van der Waals surface area contributed by atoms with Gasteiger partial charge in [0.2, 0.25) is 0 Å². The molecule has 3 aromatic rings. The average Bonchev–Trinajstić information content (AvgIpc) is 2.78. The highest BCUT2D eigenvalue weighted by Gasteiger charge is 2.30. The Labute approximate surface area is 195 Å². The van der Waals surface area contributed by atoms with Gasteiger partial charge in [-0.3, -0.25) is 0 Å². The van der Waals surface area contributed by atoms with E-state index in [0.29, 0.717) is 40.5 Å². The number of aliphatic carboxylic acids is 1. The summed E-state index contributed by atoms with van der Waals surface area (Å²) in [5, 5.41) is 9.00. The third-order valence-corrected chi connectivity index (χ3v) is 4.64. The Kier molecular flexibility index (Phi) is 8.19. The zero-order chi connectivity index (χ0) is 24.6. The summed E-state index contributed by atoms with van der Waals surface area (Å²) in [5.74, 6) is 0.0709. The monoisotopic (exact) mass is 472 g/mol. The molecule has 0 saturated carbocycles. The van der Waals surface area contributed by atoms with Crippen LogP contribution in [-0.4, -0.2) is 24.0 Å². The van der Waals surface area contributed by atoms with Crippen molar-refractivity contribution in [3.8, 4) is 34.1 Å². The van der Waals surface area contributed by atoms with Crippen molar-refractivity contribution >= 4 is 12.0 Å². The minimum absolute atomic E-state index is 0.325. The molecule has 178 valence electrons. The van der Waals surface area contributed by atoms with Gasteiger partial charge in [0, 0.05) is 17.7 Å². The van der Waals surface area contributed by atoms with Crippen molar-refractivity contribution in [1.29, 1.82) is 0 Å². The molecule has 0 aliphatic rings. The molecular weight excluding hydrogens is 449 g/mol. The SMILES string of the molecule is CCCCOc1cccc(Oc2cc(-c3ccc(OC(F)(F)F)cc3)ccc2/C=C/C(=O)O)c1. The van der Waals surface area contributed by atoms with Gasteiger partial charge in [0.1, 0.15) is 23.0 Å². The fraction of sp³-hybridized carbons (Fsp3) is 0.192. The molecule has 0 atom stereocenters. The van der Waals surface area contributed by atoms with Gasteiger partial charge in [0.15, 0.2) is 0 Å². The van der Waals surface area contributed by atoms with Crippen molar-refractivity contribution in [2.24, 2.45) is 0 Å². The molecule has 0 radical (unpaired) electrons. The first kappa shape index (κ1) is 24.7. The van der Waals surface area contributed by atoms with Gasteiger partial charge in [-0.2, -0.15) is 0 Å². The number of ether oxygens (including phenoxy) is 3. The van der Waals surface area contributed by atoms with E-state index in [1.54, 1.807) is 36.4 Å². The summed E-state index contributed by atoms with van der Waals surface area (Å²) < 4.78 is 52.9. The van der Waals surface area contributed by atoms with Gasteiger partial charge < -0.3 is 19.3 Å². The van der Waals surface area contributed by atoms with Gasteiger partial charge in [-0.25, -0.2) is 4.79 Å². The van der Waals surface area contributed by atoms with Crippen LogP contribution < -0.4 is 14.2 Å². The molecular formula is C26H23F3O5. The van der Waals surface area contributed by atoms with E-state index >= 15 is 0 Å². The smallest absolute Gasteiger partial charge is 0.493 e. The molecule has 0 bridgehead atoms. The molecule has 0 saturated heterocycles. The Balaban J connectivity index is 1.89. The number of hydrogen-bond donors (Lipinski definition) is 1. The van der Waals surface area contributed by atoms with Crippen LogP contribution in [0.5, 0.6) is 23.0 Å². The Bertz CT molecular complexity index is 1140. The molecule has 0 fully saturated rings. The van der Waals surface area contributed by atoms with E-state index < -0.39 is 12.3 Å². The standard InChI is InChI=1S/C26H23F3O5/c1-2-3-15-32-22-5-4-6-23(17-22)33-24-16-20(8-7-19(24)11-14-25(30)31)18-9-12-21(13-10-18)34-26(27,28)29/h4-14,16-17H,2-3,15H2,1H3,(H,30,31)/b14-11+. The number of hydrogen-bond acceptors (Lipinski definition) is 4. The maximum atomic E-state index is 12.4. The van der Waals surface area contributed by atoms with Crippen molar-refractivity contribution in [3.05, 3.63) is 78.4 Å². The van der Waals surface area contributed by atoms with Crippen molar-refractivity contribution < 1.29 is 37.3 Å².